The largest absolute Gasteiger partial charge is 0.483 e. The van der Waals surface area contributed by atoms with Crippen molar-refractivity contribution in [1.29, 1.82) is 0 Å². The van der Waals surface area contributed by atoms with Gasteiger partial charge >= 0.3 is 6.18 Å². The molecule has 0 fully saturated rings. The third kappa shape index (κ3) is 4.05. The van der Waals surface area contributed by atoms with Crippen molar-refractivity contribution >= 4 is 5.78 Å². The molecule has 0 spiro atoms. The number of alkyl halides is 3. The highest BCUT2D eigenvalue weighted by Crippen LogP contribution is 2.32. The lowest BCUT2D eigenvalue weighted by molar-refractivity contribution is -0.153. The molecule has 0 atom stereocenters. The van der Waals surface area contributed by atoms with Crippen molar-refractivity contribution in [2.45, 2.75) is 13.1 Å². The molecule has 0 aliphatic heterocycles. The van der Waals surface area contributed by atoms with Crippen molar-refractivity contribution in [1.82, 2.24) is 4.98 Å². The van der Waals surface area contributed by atoms with Gasteiger partial charge in [0.05, 0.1) is 0 Å². The fourth-order valence-corrected chi connectivity index (χ4v) is 1.78. The number of Topliss-reactive ketones (excluding diaryl/α,β-unsaturated/α-hetero) is 1. The summed E-state index contributed by atoms with van der Waals surface area (Å²) in [6, 6.07) is 7.65. The number of nitrogens with zero attached hydrogens (tertiary/aromatic N) is 1. The predicted octanol–water partition coefficient (Wildman–Crippen LogP) is 3.89. The maximum atomic E-state index is 12.3. The molecule has 2 rings (SSSR count). The molecule has 0 aliphatic rings. The Kier molecular flexibility index (Phi) is 4.26. The van der Waals surface area contributed by atoms with Gasteiger partial charge in [-0.2, -0.15) is 13.2 Å². The summed E-state index contributed by atoms with van der Waals surface area (Å²) >= 11 is 0. The molecule has 110 valence electrons. The van der Waals surface area contributed by atoms with Crippen LogP contribution >= 0.6 is 0 Å². The highest BCUT2D eigenvalue weighted by Gasteiger charge is 2.29. The molecule has 0 saturated carbocycles. The van der Waals surface area contributed by atoms with Crippen molar-refractivity contribution < 1.29 is 22.7 Å². The summed E-state index contributed by atoms with van der Waals surface area (Å²) in [5, 5.41) is 0. The first-order valence-electron chi connectivity index (χ1n) is 6.12. The standard InChI is InChI=1S/C15H12F3NO2/c1-10(20)11-4-5-14(21-9-15(16,17)18)13(7-11)12-3-2-6-19-8-12/h2-8H,9H2,1H3. The molecule has 1 heterocycles. The lowest BCUT2D eigenvalue weighted by atomic mass is 10.0. The van der Waals surface area contributed by atoms with Gasteiger partial charge in [0, 0.05) is 29.1 Å². The van der Waals surface area contributed by atoms with Gasteiger partial charge in [-0.1, -0.05) is 6.07 Å². The van der Waals surface area contributed by atoms with Crippen LogP contribution in [-0.2, 0) is 0 Å². The Bertz CT molecular complexity index is 639. The van der Waals surface area contributed by atoms with E-state index in [2.05, 4.69) is 4.98 Å². The Morgan fingerprint density at radius 2 is 2.05 bits per heavy atom. The van der Waals surface area contributed by atoms with E-state index in [0.29, 0.717) is 16.7 Å². The lowest BCUT2D eigenvalue weighted by Crippen LogP contribution is -2.19. The van der Waals surface area contributed by atoms with Crippen molar-refractivity contribution in [2.75, 3.05) is 6.61 Å². The number of hydrogen-bond donors (Lipinski definition) is 0. The number of carbonyl (C=O) groups is 1. The summed E-state index contributed by atoms with van der Waals surface area (Å²) in [7, 11) is 0. The first-order valence-corrected chi connectivity index (χ1v) is 6.12. The Labute approximate surface area is 119 Å². The normalized spacial score (nSPS) is 11.2. The Morgan fingerprint density at radius 1 is 1.29 bits per heavy atom. The number of aromatic nitrogens is 1. The summed E-state index contributed by atoms with van der Waals surface area (Å²) in [5.74, 6) is -0.118. The van der Waals surface area contributed by atoms with Crippen LogP contribution in [0.2, 0.25) is 0 Å². The minimum Gasteiger partial charge on any atom is -0.483 e. The average Bonchev–Trinajstić information content (AvgIpc) is 2.45. The van der Waals surface area contributed by atoms with Gasteiger partial charge in [-0.15, -0.1) is 0 Å². The summed E-state index contributed by atoms with van der Waals surface area (Å²) in [5.41, 5.74) is 1.38. The third-order valence-electron chi connectivity index (χ3n) is 2.75. The second kappa shape index (κ2) is 5.95. The van der Waals surface area contributed by atoms with E-state index < -0.39 is 12.8 Å². The first-order chi connectivity index (χ1) is 9.87. The second-order valence-corrected chi connectivity index (χ2v) is 4.41. The van der Waals surface area contributed by atoms with Crippen molar-refractivity contribution in [2.24, 2.45) is 0 Å². The van der Waals surface area contributed by atoms with Gasteiger partial charge in [0.15, 0.2) is 12.4 Å². The van der Waals surface area contributed by atoms with Gasteiger partial charge in [-0.3, -0.25) is 9.78 Å². The second-order valence-electron chi connectivity index (χ2n) is 4.41. The van der Waals surface area contributed by atoms with Crippen LogP contribution in [-0.4, -0.2) is 23.6 Å². The van der Waals surface area contributed by atoms with E-state index >= 15 is 0 Å². The number of benzene rings is 1. The number of hydrogen-bond acceptors (Lipinski definition) is 3. The third-order valence-corrected chi connectivity index (χ3v) is 2.75. The number of halogens is 3. The van der Waals surface area contributed by atoms with Gasteiger partial charge in [0.25, 0.3) is 0 Å². The molecule has 0 aliphatic carbocycles. The van der Waals surface area contributed by atoms with Gasteiger partial charge in [0.1, 0.15) is 5.75 Å². The van der Waals surface area contributed by atoms with Gasteiger partial charge in [-0.05, 0) is 31.2 Å². The molecular formula is C15H12F3NO2. The summed E-state index contributed by atoms with van der Waals surface area (Å²) in [6.45, 7) is -0.00170. The molecule has 0 amide bonds. The molecule has 0 N–H and O–H groups in total. The smallest absolute Gasteiger partial charge is 0.422 e. The molecular weight excluding hydrogens is 283 g/mol. The molecule has 6 heteroatoms. The van der Waals surface area contributed by atoms with E-state index in [0.717, 1.165) is 0 Å². The molecule has 21 heavy (non-hydrogen) atoms. The van der Waals surface area contributed by atoms with Crippen LogP contribution < -0.4 is 4.74 Å². The van der Waals surface area contributed by atoms with Crippen LogP contribution in [0.3, 0.4) is 0 Å². The van der Waals surface area contributed by atoms with E-state index in [1.165, 1.54) is 31.3 Å². The molecule has 2 aromatic rings. The number of ketones is 1. The zero-order chi connectivity index (χ0) is 15.5. The fourth-order valence-electron chi connectivity index (χ4n) is 1.78. The lowest BCUT2D eigenvalue weighted by Gasteiger charge is -2.14. The van der Waals surface area contributed by atoms with E-state index in [1.807, 2.05) is 0 Å². The summed E-state index contributed by atoms with van der Waals surface area (Å²) < 4.78 is 41.7. The van der Waals surface area contributed by atoms with Crippen LogP contribution in [0.15, 0.2) is 42.7 Å². The van der Waals surface area contributed by atoms with Crippen molar-refractivity contribution in [3.8, 4) is 16.9 Å². The highest BCUT2D eigenvalue weighted by molar-refractivity contribution is 5.96. The maximum Gasteiger partial charge on any atom is 0.422 e. The number of pyridine rings is 1. The van der Waals surface area contributed by atoms with E-state index in [1.54, 1.807) is 18.3 Å². The monoisotopic (exact) mass is 295 g/mol. The number of carbonyl (C=O) groups excluding carboxylic acids is 1. The SMILES string of the molecule is CC(=O)c1ccc(OCC(F)(F)F)c(-c2cccnc2)c1. The zero-order valence-electron chi connectivity index (χ0n) is 11.1. The van der Waals surface area contributed by atoms with Gasteiger partial charge < -0.3 is 4.74 Å². The summed E-state index contributed by atoms with van der Waals surface area (Å²) in [4.78, 5) is 15.3. The number of ether oxygens (including phenoxy) is 1. The molecule has 0 bridgehead atoms. The molecule has 0 saturated heterocycles. The summed E-state index contributed by atoms with van der Waals surface area (Å²) in [6.07, 6.45) is -1.38. The molecule has 1 aromatic heterocycles. The molecule has 3 nitrogen and oxygen atoms in total. The Hall–Kier alpha value is -2.37. The number of rotatable bonds is 4. The molecule has 0 unspecified atom stereocenters. The van der Waals surface area contributed by atoms with Crippen LogP contribution in [0.5, 0.6) is 5.75 Å². The van der Waals surface area contributed by atoms with Gasteiger partial charge in [0.2, 0.25) is 0 Å². The van der Waals surface area contributed by atoms with E-state index in [4.69, 9.17) is 4.74 Å². The molecule has 0 radical (unpaired) electrons. The topological polar surface area (TPSA) is 39.2 Å². The maximum absolute atomic E-state index is 12.3. The minimum absolute atomic E-state index is 0.0605. The predicted molar refractivity (Wildman–Crippen MR) is 71.2 cm³/mol. The average molecular weight is 295 g/mol. The van der Waals surface area contributed by atoms with Crippen LogP contribution in [0.4, 0.5) is 13.2 Å². The van der Waals surface area contributed by atoms with Crippen LogP contribution in [0.25, 0.3) is 11.1 Å². The van der Waals surface area contributed by atoms with E-state index in [9.17, 15) is 18.0 Å². The highest BCUT2D eigenvalue weighted by atomic mass is 19.4. The van der Waals surface area contributed by atoms with E-state index in [-0.39, 0.29) is 11.5 Å². The quantitative estimate of drug-likeness (QED) is 0.803. The minimum atomic E-state index is -4.43. The van der Waals surface area contributed by atoms with Crippen LogP contribution in [0, 0.1) is 0 Å². The Morgan fingerprint density at radius 3 is 2.62 bits per heavy atom. The Balaban J connectivity index is 2.42. The molecule has 1 aromatic carbocycles. The van der Waals surface area contributed by atoms with Crippen molar-refractivity contribution in [3.63, 3.8) is 0 Å². The zero-order valence-corrected chi connectivity index (χ0v) is 11.1. The van der Waals surface area contributed by atoms with Crippen LogP contribution in [0.1, 0.15) is 17.3 Å². The van der Waals surface area contributed by atoms with Gasteiger partial charge in [-0.25, -0.2) is 0 Å². The fraction of sp³-hybridized carbons (Fsp3) is 0.200. The first kappa shape index (κ1) is 15.0. The van der Waals surface area contributed by atoms with Crippen molar-refractivity contribution in [3.05, 3.63) is 48.3 Å².